The van der Waals surface area contributed by atoms with E-state index in [-0.39, 0.29) is 0 Å². The summed E-state index contributed by atoms with van der Waals surface area (Å²) in [6, 6.07) is 15.6. The van der Waals surface area contributed by atoms with Gasteiger partial charge in [0.2, 0.25) is 0 Å². The van der Waals surface area contributed by atoms with E-state index in [1.165, 1.54) is 14.7 Å². The van der Waals surface area contributed by atoms with Gasteiger partial charge in [0.15, 0.2) is 0 Å². The van der Waals surface area contributed by atoms with Crippen LogP contribution in [0.15, 0.2) is 51.4 Å². The van der Waals surface area contributed by atoms with Crippen LogP contribution >= 0.6 is 54.5 Å². The zero-order valence-electron chi connectivity index (χ0n) is 11.9. The summed E-state index contributed by atoms with van der Waals surface area (Å²) in [5.74, 6) is 0. The molecule has 0 aliphatic rings. The Morgan fingerprint density at radius 1 is 1.05 bits per heavy atom. The van der Waals surface area contributed by atoms with E-state index in [1.807, 2.05) is 0 Å². The van der Waals surface area contributed by atoms with Gasteiger partial charge in [-0.3, -0.25) is 0 Å². The molecule has 0 heterocycles. The van der Waals surface area contributed by atoms with E-state index in [1.54, 1.807) is 0 Å². The lowest BCUT2D eigenvalue weighted by Crippen LogP contribution is -2.24. The van der Waals surface area contributed by atoms with Crippen molar-refractivity contribution in [1.29, 1.82) is 0 Å². The molecule has 0 saturated heterocycles. The average molecular weight is 523 g/mol. The minimum Gasteiger partial charge on any atom is -0.310 e. The van der Waals surface area contributed by atoms with E-state index in [0.29, 0.717) is 6.04 Å². The van der Waals surface area contributed by atoms with Gasteiger partial charge in [-0.2, -0.15) is 0 Å². The minimum absolute atomic E-state index is 0.332. The molecule has 1 unspecified atom stereocenters. The Balaban J connectivity index is 2.22. The highest BCUT2D eigenvalue weighted by molar-refractivity contribution is 14.1. The Morgan fingerprint density at radius 2 is 1.67 bits per heavy atom. The standard InChI is InChI=1S/C17H18Br2IN/c1-2-7-21-17(8-12-3-5-16(20)6-4-12)13-9-14(18)11-15(19)10-13/h3-6,9-11,17,21H,2,7-8H2,1H3. The van der Waals surface area contributed by atoms with Crippen LogP contribution in [0, 0.1) is 3.57 Å². The van der Waals surface area contributed by atoms with Crippen molar-refractivity contribution in [2.75, 3.05) is 6.54 Å². The molecular formula is C17H18Br2IN. The van der Waals surface area contributed by atoms with E-state index in [0.717, 1.165) is 28.3 Å². The van der Waals surface area contributed by atoms with Gasteiger partial charge in [-0.15, -0.1) is 0 Å². The van der Waals surface area contributed by atoms with Crippen LogP contribution in [0.25, 0.3) is 0 Å². The zero-order valence-corrected chi connectivity index (χ0v) is 17.2. The Bertz CT molecular complexity index is 564. The largest absolute Gasteiger partial charge is 0.310 e. The van der Waals surface area contributed by atoms with Crippen LogP contribution in [0.5, 0.6) is 0 Å². The van der Waals surface area contributed by atoms with Crippen molar-refractivity contribution in [3.63, 3.8) is 0 Å². The molecule has 0 aliphatic carbocycles. The van der Waals surface area contributed by atoms with Gasteiger partial charge in [-0.1, -0.05) is 50.9 Å². The van der Waals surface area contributed by atoms with Crippen molar-refractivity contribution >= 4 is 54.5 Å². The lowest BCUT2D eigenvalue weighted by molar-refractivity contribution is 0.529. The summed E-state index contributed by atoms with van der Waals surface area (Å²) in [6.07, 6.45) is 2.14. The molecule has 1 nitrogen and oxygen atoms in total. The summed E-state index contributed by atoms with van der Waals surface area (Å²) < 4.78 is 3.50. The van der Waals surface area contributed by atoms with Crippen LogP contribution in [0.4, 0.5) is 0 Å². The number of nitrogens with one attached hydrogen (secondary N) is 1. The van der Waals surface area contributed by atoms with Crippen LogP contribution in [0.2, 0.25) is 0 Å². The number of rotatable bonds is 6. The van der Waals surface area contributed by atoms with Crippen molar-refractivity contribution in [1.82, 2.24) is 5.32 Å². The zero-order chi connectivity index (χ0) is 15.2. The molecule has 0 aliphatic heterocycles. The quantitative estimate of drug-likeness (QED) is 0.452. The number of halogens is 3. The van der Waals surface area contributed by atoms with E-state index < -0.39 is 0 Å². The first-order chi connectivity index (χ1) is 10.1. The number of hydrogen-bond donors (Lipinski definition) is 1. The van der Waals surface area contributed by atoms with Crippen LogP contribution < -0.4 is 5.32 Å². The molecule has 0 radical (unpaired) electrons. The lowest BCUT2D eigenvalue weighted by Gasteiger charge is -2.20. The van der Waals surface area contributed by atoms with Gasteiger partial charge in [-0.05, 0) is 83.4 Å². The van der Waals surface area contributed by atoms with E-state index in [9.17, 15) is 0 Å². The Labute approximate surface area is 157 Å². The van der Waals surface area contributed by atoms with Gasteiger partial charge in [0.25, 0.3) is 0 Å². The van der Waals surface area contributed by atoms with Crippen molar-refractivity contribution in [3.8, 4) is 0 Å². The molecule has 2 aromatic carbocycles. The Hall–Kier alpha value is 0.0900. The second kappa shape index (κ2) is 8.65. The highest BCUT2D eigenvalue weighted by Gasteiger charge is 2.13. The summed E-state index contributed by atoms with van der Waals surface area (Å²) in [5, 5.41) is 3.66. The molecule has 0 saturated carbocycles. The third-order valence-corrected chi connectivity index (χ3v) is 4.92. The molecule has 4 heteroatoms. The molecular weight excluding hydrogens is 505 g/mol. The van der Waals surface area contributed by atoms with Crippen LogP contribution in [0.1, 0.15) is 30.5 Å². The number of benzene rings is 2. The molecule has 2 rings (SSSR count). The van der Waals surface area contributed by atoms with E-state index >= 15 is 0 Å². The lowest BCUT2D eigenvalue weighted by atomic mass is 9.99. The average Bonchev–Trinajstić information content (AvgIpc) is 2.44. The fraction of sp³-hybridized carbons (Fsp3) is 0.294. The summed E-state index contributed by atoms with van der Waals surface area (Å²) in [5.41, 5.74) is 2.67. The molecule has 0 fully saturated rings. The molecule has 0 bridgehead atoms. The molecule has 1 atom stereocenters. The predicted molar refractivity (Wildman–Crippen MR) is 106 cm³/mol. The number of hydrogen-bond acceptors (Lipinski definition) is 1. The van der Waals surface area contributed by atoms with Gasteiger partial charge in [0, 0.05) is 18.6 Å². The maximum atomic E-state index is 3.66. The van der Waals surface area contributed by atoms with Gasteiger partial charge in [-0.25, -0.2) is 0 Å². The smallest absolute Gasteiger partial charge is 0.0361 e. The molecule has 1 N–H and O–H groups in total. The monoisotopic (exact) mass is 521 g/mol. The SMILES string of the molecule is CCCNC(Cc1ccc(I)cc1)c1cc(Br)cc(Br)c1. The first-order valence-electron chi connectivity index (χ1n) is 7.02. The Kier molecular flexibility index (Phi) is 7.19. The molecule has 0 amide bonds. The van der Waals surface area contributed by atoms with Gasteiger partial charge in [0.05, 0.1) is 0 Å². The normalized spacial score (nSPS) is 12.4. The fourth-order valence-corrected chi connectivity index (χ4v) is 3.95. The third-order valence-electron chi connectivity index (χ3n) is 3.28. The van der Waals surface area contributed by atoms with Gasteiger partial charge >= 0.3 is 0 Å². The topological polar surface area (TPSA) is 12.0 Å². The highest BCUT2D eigenvalue weighted by atomic mass is 127. The van der Waals surface area contributed by atoms with E-state index in [4.69, 9.17) is 0 Å². The van der Waals surface area contributed by atoms with Gasteiger partial charge in [0.1, 0.15) is 0 Å². The van der Waals surface area contributed by atoms with Crippen LogP contribution in [-0.2, 0) is 6.42 Å². The van der Waals surface area contributed by atoms with Crippen molar-refractivity contribution in [2.24, 2.45) is 0 Å². The first-order valence-corrected chi connectivity index (χ1v) is 9.68. The van der Waals surface area contributed by atoms with Crippen LogP contribution in [0.3, 0.4) is 0 Å². The summed E-state index contributed by atoms with van der Waals surface area (Å²) in [7, 11) is 0. The minimum atomic E-state index is 0.332. The maximum Gasteiger partial charge on any atom is 0.0361 e. The van der Waals surface area contributed by atoms with Crippen LogP contribution in [-0.4, -0.2) is 6.54 Å². The fourth-order valence-electron chi connectivity index (χ4n) is 2.26. The second-order valence-corrected chi connectivity index (χ2v) is 8.12. The highest BCUT2D eigenvalue weighted by Crippen LogP contribution is 2.26. The van der Waals surface area contributed by atoms with Crippen molar-refractivity contribution < 1.29 is 0 Å². The van der Waals surface area contributed by atoms with Crippen molar-refractivity contribution in [3.05, 3.63) is 66.1 Å². The molecule has 0 spiro atoms. The van der Waals surface area contributed by atoms with E-state index in [2.05, 4.69) is 109 Å². The van der Waals surface area contributed by atoms with Crippen molar-refractivity contribution in [2.45, 2.75) is 25.8 Å². The summed E-state index contributed by atoms with van der Waals surface area (Å²) >= 11 is 9.52. The molecule has 112 valence electrons. The molecule has 2 aromatic rings. The Morgan fingerprint density at radius 3 is 2.24 bits per heavy atom. The summed E-state index contributed by atoms with van der Waals surface area (Å²) in [4.78, 5) is 0. The van der Waals surface area contributed by atoms with Gasteiger partial charge < -0.3 is 5.32 Å². The molecule has 0 aromatic heterocycles. The maximum absolute atomic E-state index is 3.66. The summed E-state index contributed by atoms with van der Waals surface area (Å²) in [6.45, 7) is 3.23. The third kappa shape index (κ3) is 5.66. The predicted octanol–water partition coefficient (Wildman–Crippen LogP) is 6.10. The molecule has 21 heavy (non-hydrogen) atoms. The first kappa shape index (κ1) is 17.4. The second-order valence-electron chi connectivity index (χ2n) is 5.04.